The highest BCUT2D eigenvalue weighted by Gasteiger charge is 2.28. The fraction of sp³-hybridized carbons (Fsp3) is 0.391. The molecule has 1 aliphatic heterocycles. The maximum absolute atomic E-state index is 12.8. The number of quaternary nitrogens is 1. The SMILES string of the molecule is COC(=O)c1ccccc1C(=O)NC[C@H](c1ccc(N(C)C)cc1)[NH+]1CCCC1. The maximum atomic E-state index is 12.8. The topological polar surface area (TPSA) is 63.1 Å². The van der Waals surface area contributed by atoms with E-state index in [2.05, 4.69) is 34.5 Å². The van der Waals surface area contributed by atoms with Crippen LogP contribution in [0.5, 0.6) is 0 Å². The largest absolute Gasteiger partial charge is 0.465 e. The van der Waals surface area contributed by atoms with Crippen LogP contribution in [-0.4, -0.2) is 52.7 Å². The van der Waals surface area contributed by atoms with E-state index < -0.39 is 5.97 Å². The van der Waals surface area contributed by atoms with E-state index in [4.69, 9.17) is 4.74 Å². The Kier molecular flexibility index (Phi) is 6.88. The van der Waals surface area contributed by atoms with Gasteiger partial charge in [0.2, 0.25) is 0 Å². The third-order valence-electron chi connectivity index (χ3n) is 5.59. The molecule has 1 atom stereocenters. The molecule has 0 aromatic heterocycles. The quantitative estimate of drug-likeness (QED) is 0.699. The normalized spacial score (nSPS) is 15.0. The summed E-state index contributed by atoms with van der Waals surface area (Å²) < 4.78 is 4.81. The summed E-state index contributed by atoms with van der Waals surface area (Å²) in [6.07, 6.45) is 2.42. The van der Waals surface area contributed by atoms with Gasteiger partial charge in [-0.3, -0.25) is 4.79 Å². The average Bonchev–Trinajstić information content (AvgIpc) is 3.28. The van der Waals surface area contributed by atoms with Gasteiger partial charge in [-0.2, -0.15) is 0 Å². The van der Waals surface area contributed by atoms with Crippen molar-refractivity contribution in [2.45, 2.75) is 18.9 Å². The Labute approximate surface area is 172 Å². The number of nitrogens with one attached hydrogen (secondary N) is 2. The first-order chi connectivity index (χ1) is 14.0. The molecule has 0 aliphatic carbocycles. The molecule has 0 bridgehead atoms. The number of benzene rings is 2. The van der Waals surface area contributed by atoms with E-state index >= 15 is 0 Å². The highest BCUT2D eigenvalue weighted by Crippen LogP contribution is 2.17. The second-order valence-electron chi connectivity index (χ2n) is 7.65. The Morgan fingerprint density at radius 3 is 2.24 bits per heavy atom. The predicted octanol–water partition coefficient (Wildman–Crippen LogP) is 1.69. The number of likely N-dealkylation sites (tertiary alicyclic amines) is 1. The number of esters is 1. The Morgan fingerprint density at radius 1 is 1.03 bits per heavy atom. The van der Waals surface area contributed by atoms with E-state index in [-0.39, 0.29) is 17.5 Å². The summed E-state index contributed by atoms with van der Waals surface area (Å²) in [6.45, 7) is 2.73. The summed E-state index contributed by atoms with van der Waals surface area (Å²) in [7, 11) is 5.37. The maximum Gasteiger partial charge on any atom is 0.338 e. The summed E-state index contributed by atoms with van der Waals surface area (Å²) in [4.78, 5) is 28.4. The van der Waals surface area contributed by atoms with Gasteiger partial charge in [0.25, 0.3) is 5.91 Å². The lowest BCUT2D eigenvalue weighted by Gasteiger charge is -2.26. The molecule has 6 heteroatoms. The van der Waals surface area contributed by atoms with Gasteiger partial charge in [0.1, 0.15) is 6.04 Å². The number of rotatable bonds is 7. The van der Waals surface area contributed by atoms with E-state index in [1.165, 1.54) is 30.4 Å². The van der Waals surface area contributed by atoms with Gasteiger partial charge in [-0.1, -0.05) is 24.3 Å². The van der Waals surface area contributed by atoms with E-state index in [1.54, 1.807) is 24.3 Å². The summed E-state index contributed by atoms with van der Waals surface area (Å²) in [5.41, 5.74) is 3.00. The van der Waals surface area contributed by atoms with Gasteiger partial charge in [-0.05, 0) is 24.3 Å². The molecule has 6 nitrogen and oxygen atoms in total. The van der Waals surface area contributed by atoms with E-state index in [0.29, 0.717) is 12.1 Å². The Balaban J connectivity index is 1.77. The van der Waals surface area contributed by atoms with Crippen molar-refractivity contribution in [3.8, 4) is 0 Å². The predicted molar refractivity (Wildman–Crippen MR) is 114 cm³/mol. The minimum Gasteiger partial charge on any atom is -0.465 e. The molecule has 3 rings (SSSR count). The summed E-state index contributed by atoms with van der Waals surface area (Å²) in [5.74, 6) is -0.753. The van der Waals surface area contributed by atoms with Gasteiger partial charge in [0.05, 0.1) is 37.9 Å². The van der Waals surface area contributed by atoms with Crippen LogP contribution in [-0.2, 0) is 4.74 Å². The molecule has 1 amide bonds. The zero-order valence-corrected chi connectivity index (χ0v) is 17.4. The Bertz CT molecular complexity index is 843. The minimum absolute atomic E-state index is 0.183. The first-order valence-corrected chi connectivity index (χ1v) is 10.1. The van der Waals surface area contributed by atoms with Crippen LogP contribution in [0.1, 0.15) is 45.2 Å². The van der Waals surface area contributed by atoms with Crippen LogP contribution >= 0.6 is 0 Å². The van der Waals surface area contributed by atoms with Crippen molar-refractivity contribution in [3.63, 3.8) is 0 Å². The Hall–Kier alpha value is -2.86. The van der Waals surface area contributed by atoms with E-state index in [1.807, 2.05) is 14.1 Å². The molecular formula is C23H30N3O3+. The molecule has 2 N–H and O–H groups in total. The van der Waals surface area contributed by atoms with Crippen LogP contribution in [0.3, 0.4) is 0 Å². The number of carbonyl (C=O) groups excluding carboxylic acids is 2. The number of hydrogen-bond acceptors (Lipinski definition) is 4. The molecule has 29 heavy (non-hydrogen) atoms. The second-order valence-corrected chi connectivity index (χ2v) is 7.65. The van der Waals surface area contributed by atoms with Crippen molar-refractivity contribution >= 4 is 17.6 Å². The van der Waals surface area contributed by atoms with Crippen molar-refractivity contribution in [2.24, 2.45) is 0 Å². The van der Waals surface area contributed by atoms with Gasteiger partial charge in [-0.15, -0.1) is 0 Å². The molecule has 1 fully saturated rings. The summed E-state index contributed by atoms with van der Waals surface area (Å²) >= 11 is 0. The van der Waals surface area contributed by atoms with Gasteiger partial charge in [0.15, 0.2) is 0 Å². The van der Waals surface area contributed by atoms with Crippen LogP contribution < -0.4 is 15.1 Å². The number of hydrogen-bond donors (Lipinski definition) is 2. The summed E-state index contributed by atoms with van der Waals surface area (Å²) in [5, 5.41) is 3.05. The van der Waals surface area contributed by atoms with Crippen molar-refractivity contribution in [1.82, 2.24) is 5.32 Å². The van der Waals surface area contributed by atoms with Gasteiger partial charge >= 0.3 is 5.97 Å². The monoisotopic (exact) mass is 396 g/mol. The third kappa shape index (κ3) is 4.95. The average molecular weight is 397 g/mol. The molecule has 0 spiro atoms. The van der Waals surface area contributed by atoms with Crippen LogP contribution in [0.15, 0.2) is 48.5 Å². The van der Waals surface area contributed by atoms with Crippen LogP contribution in [0, 0.1) is 0 Å². The number of nitrogens with zero attached hydrogens (tertiary/aromatic N) is 1. The van der Waals surface area contributed by atoms with Gasteiger partial charge < -0.3 is 19.9 Å². The van der Waals surface area contributed by atoms with E-state index in [0.717, 1.165) is 18.8 Å². The highest BCUT2D eigenvalue weighted by molar-refractivity contribution is 6.05. The second kappa shape index (κ2) is 9.56. The molecule has 0 radical (unpaired) electrons. The fourth-order valence-corrected chi connectivity index (χ4v) is 3.94. The van der Waals surface area contributed by atoms with Crippen LogP contribution in [0.25, 0.3) is 0 Å². The molecule has 1 saturated heterocycles. The highest BCUT2D eigenvalue weighted by atomic mass is 16.5. The van der Waals surface area contributed by atoms with Crippen LogP contribution in [0.4, 0.5) is 5.69 Å². The molecule has 2 aromatic carbocycles. The third-order valence-corrected chi connectivity index (χ3v) is 5.59. The van der Waals surface area contributed by atoms with E-state index in [9.17, 15) is 9.59 Å². The Morgan fingerprint density at radius 2 is 1.66 bits per heavy atom. The number of methoxy groups -OCH3 is 1. The number of carbonyl (C=O) groups is 2. The van der Waals surface area contributed by atoms with Crippen LogP contribution in [0.2, 0.25) is 0 Å². The lowest BCUT2D eigenvalue weighted by Crippen LogP contribution is -3.11. The minimum atomic E-state index is -0.503. The standard InChI is InChI=1S/C23H29N3O3/c1-25(2)18-12-10-17(11-13-18)21(26-14-6-7-15-26)16-24-22(27)19-8-4-5-9-20(19)23(28)29-3/h4-5,8-13,21H,6-7,14-16H2,1-3H3,(H,24,27)/p+1/t21-/m1/s1. The zero-order valence-electron chi connectivity index (χ0n) is 17.4. The first kappa shape index (κ1) is 20.9. The molecule has 154 valence electrons. The van der Waals surface area contributed by atoms with Crippen molar-refractivity contribution < 1.29 is 19.2 Å². The molecule has 0 unspecified atom stereocenters. The number of anilines is 1. The molecule has 1 heterocycles. The number of amides is 1. The fourth-order valence-electron chi connectivity index (χ4n) is 3.94. The molecule has 2 aromatic rings. The van der Waals surface area contributed by atoms with Gasteiger partial charge in [0, 0.05) is 38.2 Å². The lowest BCUT2D eigenvalue weighted by atomic mass is 10.0. The van der Waals surface area contributed by atoms with Crippen molar-refractivity contribution in [2.75, 3.05) is 45.7 Å². The first-order valence-electron chi connectivity index (χ1n) is 10.1. The molecular weight excluding hydrogens is 366 g/mol. The van der Waals surface area contributed by atoms with Crippen molar-refractivity contribution in [1.29, 1.82) is 0 Å². The molecule has 1 aliphatic rings. The van der Waals surface area contributed by atoms with Gasteiger partial charge in [-0.25, -0.2) is 4.79 Å². The smallest absolute Gasteiger partial charge is 0.338 e. The lowest BCUT2D eigenvalue weighted by molar-refractivity contribution is -0.918. The number of ether oxygens (including phenoxy) is 1. The van der Waals surface area contributed by atoms with Crippen molar-refractivity contribution in [3.05, 3.63) is 65.2 Å². The molecule has 0 saturated carbocycles. The zero-order chi connectivity index (χ0) is 20.8. The summed E-state index contributed by atoms with van der Waals surface area (Å²) in [6, 6.07) is 15.5.